The van der Waals surface area contributed by atoms with E-state index in [2.05, 4.69) is 5.32 Å². The van der Waals surface area contributed by atoms with Gasteiger partial charge in [-0.25, -0.2) is 0 Å². The minimum absolute atomic E-state index is 0.119. The van der Waals surface area contributed by atoms with Gasteiger partial charge in [-0.3, -0.25) is 4.79 Å². The fraction of sp³-hybridized carbons (Fsp3) is 0.400. The molecule has 1 aliphatic carbocycles. The summed E-state index contributed by atoms with van der Waals surface area (Å²) in [5.74, 6) is -0.173. The van der Waals surface area contributed by atoms with Crippen LogP contribution in [0.15, 0.2) is 30.3 Å². The first-order valence-electron chi connectivity index (χ1n) is 6.67. The number of aliphatic hydroxyl groups is 1. The van der Waals surface area contributed by atoms with E-state index in [0.29, 0.717) is 5.69 Å². The zero-order valence-corrected chi connectivity index (χ0v) is 10.9. The number of amides is 1. The fourth-order valence-electron chi connectivity index (χ4n) is 2.35. The van der Waals surface area contributed by atoms with Crippen molar-refractivity contribution in [3.8, 4) is 0 Å². The molecule has 1 aromatic rings. The first-order valence-corrected chi connectivity index (χ1v) is 6.67. The number of hydrogen-bond donors (Lipinski definition) is 3. The van der Waals surface area contributed by atoms with Crippen molar-refractivity contribution in [1.29, 1.82) is 0 Å². The number of carbonyl (C=O) groups is 1. The third-order valence-electron chi connectivity index (χ3n) is 3.39. The third kappa shape index (κ3) is 4.10. The van der Waals surface area contributed by atoms with Crippen LogP contribution in [0, 0.1) is 0 Å². The molecule has 0 aromatic heterocycles. The van der Waals surface area contributed by atoms with Gasteiger partial charge in [-0.15, -0.1) is 0 Å². The minimum atomic E-state index is -0.418. The molecule has 0 bridgehead atoms. The van der Waals surface area contributed by atoms with Crippen LogP contribution in [0.25, 0.3) is 6.08 Å². The number of nitrogens with one attached hydrogen (secondary N) is 1. The van der Waals surface area contributed by atoms with E-state index in [4.69, 9.17) is 5.73 Å². The molecular weight excluding hydrogens is 240 g/mol. The Morgan fingerprint density at radius 3 is 2.89 bits per heavy atom. The van der Waals surface area contributed by atoms with E-state index < -0.39 is 6.10 Å². The molecule has 0 unspecified atom stereocenters. The largest absolute Gasteiger partial charge is 0.399 e. The van der Waals surface area contributed by atoms with Crippen LogP contribution in [0.2, 0.25) is 0 Å². The summed E-state index contributed by atoms with van der Waals surface area (Å²) in [4.78, 5) is 11.8. The highest BCUT2D eigenvalue weighted by Gasteiger charge is 2.23. The van der Waals surface area contributed by atoms with Gasteiger partial charge in [-0.2, -0.15) is 0 Å². The molecule has 4 heteroatoms. The van der Waals surface area contributed by atoms with Crippen LogP contribution in [0.5, 0.6) is 0 Å². The van der Waals surface area contributed by atoms with Crippen LogP contribution >= 0.6 is 0 Å². The topological polar surface area (TPSA) is 75.4 Å². The number of nitrogen functional groups attached to an aromatic ring is 1. The van der Waals surface area contributed by atoms with Gasteiger partial charge in [0.2, 0.25) is 5.91 Å². The number of anilines is 1. The van der Waals surface area contributed by atoms with Gasteiger partial charge in [0.05, 0.1) is 12.1 Å². The molecule has 0 aliphatic heterocycles. The third-order valence-corrected chi connectivity index (χ3v) is 3.39. The lowest BCUT2D eigenvalue weighted by Crippen LogP contribution is -2.44. The standard InChI is InChI=1S/C15H20N2O2/c16-12-5-3-4-11(10-12)8-9-15(19)17-13-6-1-2-7-14(13)18/h3-5,8-10,13-14,18H,1-2,6-7,16H2,(H,17,19)/b9-8+/t13-,14-/m0/s1. The maximum Gasteiger partial charge on any atom is 0.244 e. The summed E-state index contributed by atoms with van der Waals surface area (Å²) in [6.45, 7) is 0. The Labute approximate surface area is 113 Å². The Hall–Kier alpha value is -1.81. The van der Waals surface area contributed by atoms with Crippen LogP contribution in [0.1, 0.15) is 31.2 Å². The van der Waals surface area contributed by atoms with Gasteiger partial charge < -0.3 is 16.2 Å². The average Bonchev–Trinajstić information content (AvgIpc) is 2.39. The molecule has 1 saturated carbocycles. The number of aliphatic hydroxyl groups excluding tert-OH is 1. The lowest BCUT2D eigenvalue weighted by molar-refractivity contribution is -0.118. The second kappa shape index (κ2) is 6.38. The first kappa shape index (κ1) is 13.6. The van der Waals surface area contributed by atoms with Gasteiger partial charge in [0, 0.05) is 11.8 Å². The molecule has 2 atom stereocenters. The lowest BCUT2D eigenvalue weighted by Gasteiger charge is -2.27. The van der Waals surface area contributed by atoms with Gasteiger partial charge in [-0.1, -0.05) is 25.0 Å². The van der Waals surface area contributed by atoms with Gasteiger partial charge in [0.15, 0.2) is 0 Å². The highest BCUT2D eigenvalue weighted by molar-refractivity contribution is 5.92. The Bertz CT molecular complexity index is 471. The highest BCUT2D eigenvalue weighted by Crippen LogP contribution is 2.18. The molecule has 4 nitrogen and oxygen atoms in total. The monoisotopic (exact) mass is 260 g/mol. The Morgan fingerprint density at radius 1 is 1.37 bits per heavy atom. The van der Waals surface area contributed by atoms with Crippen molar-refractivity contribution in [2.24, 2.45) is 0 Å². The van der Waals surface area contributed by atoms with E-state index in [1.165, 1.54) is 6.08 Å². The van der Waals surface area contributed by atoms with Crippen molar-refractivity contribution >= 4 is 17.7 Å². The number of benzene rings is 1. The fourth-order valence-corrected chi connectivity index (χ4v) is 2.35. The van der Waals surface area contributed by atoms with E-state index in [-0.39, 0.29) is 11.9 Å². The number of carbonyl (C=O) groups excluding carboxylic acids is 1. The molecule has 2 rings (SSSR count). The van der Waals surface area contributed by atoms with Crippen molar-refractivity contribution in [1.82, 2.24) is 5.32 Å². The summed E-state index contributed by atoms with van der Waals surface area (Å²) >= 11 is 0. The quantitative estimate of drug-likeness (QED) is 0.572. The van der Waals surface area contributed by atoms with Crippen molar-refractivity contribution in [3.05, 3.63) is 35.9 Å². The zero-order chi connectivity index (χ0) is 13.7. The van der Waals surface area contributed by atoms with Crippen LogP contribution < -0.4 is 11.1 Å². The van der Waals surface area contributed by atoms with E-state index in [1.54, 1.807) is 18.2 Å². The summed E-state index contributed by atoms with van der Waals surface area (Å²) < 4.78 is 0. The molecule has 102 valence electrons. The molecule has 0 heterocycles. The van der Waals surface area contributed by atoms with E-state index in [0.717, 1.165) is 31.2 Å². The second-order valence-corrected chi connectivity index (χ2v) is 4.97. The van der Waals surface area contributed by atoms with Crippen molar-refractivity contribution in [2.45, 2.75) is 37.8 Å². The predicted octanol–water partition coefficient (Wildman–Crippen LogP) is 1.70. The summed E-state index contributed by atoms with van der Waals surface area (Å²) in [6.07, 6.45) is 6.49. The number of rotatable bonds is 3. The molecule has 4 N–H and O–H groups in total. The zero-order valence-electron chi connectivity index (χ0n) is 10.9. The highest BCUT2D eigenvalue weighted by atomic mass is 16.3. The van der Waals surface area contributed by atoms with Gasteiger partial charge >= 0.3 is 0 Å². The normalized spacial score (nSPS) is 23.4. The maximum absolute atomic E-state index is 11.8. The molecule has 1 fully saturated rings. The number of hydrogen-bond acceptors (Lipinski definition) is 3. The van der Waals surface area contributed by atoms with Crippen LogP contribution in [0.4, 0.5) is 5.69 Å². The lowest BCUT2D eigenvalue weighted by atomic mass is 9.92. The van der Waals surface area contributed by atoms with Crippen LogP contribution in [-0.4, -0.2) is 23.2 Å². The van der Waals surface area contributed by atoms with Gasteiger partial charge in [-0.05, 0) is 36.6 Å². The number of nitrogens with two attached hydrogens (primary N) is 1. The van der Waals surface area contributed by atoms with Crippen molar-refractivity contribution < 1.29 is 9.90 Å². The molecular formula is C15H20N2O2. The Balaban J connectivity index is 1.90. The summed E-state index contributed by atoms with van der Waals surface area (Å²) in [5, 5.41) is 12.6. The average molecular weight is 260 g/mol. The Morgan fingerprint density at radius 2 is 2.16 bits per heavy atom. The Kier molecular flexibility index (Phi) is 4.58. The van der Waals surface area contributed by atoms with Crippen LogP contribution in [-0.2, 0) is 4.79 Å². The van der Waals surface area contributed by atoms with Gasteiger partial charge in [0.25, 0.3) is 0 Å². The van der Waals surface area contributed by atoms with Gasteiger partial charge in [0.1, 0.15) is 0 Å². The van der Waals surface area contributed by atoms with Crippen molar-refractivity contribution in [3.63, 3.8) is 0 Å². The molecule has 1 aliphatic rings. The molecule has 19 heavy (non-hydrogen) atoms. The maximum atomic E-state index is 11.8. The second-order valence-electron chi connectivity index (χ2n) is 4.97. The summed E-state index contributed by atoms with van der Waals surface area (Å²) in [7, 11) is 0. The molecule has 0 radical (unpaired) electrons. The minimum Gasteiger partial charge on any atom is -0.399 e. The van der Waals surface area contributed by atoms with Crippen LogP contribution in [0.3, 0.4) is 0 Å². The van der Waals surface area contributed by atoms with E-state index in [9.17, 15) is 9.90 Å². The summed E-state index contributed by atoms with van der Waals surface area (Å²) in [5.41, 5.74) is 7.22. The first-order chi connectivity index (χ1) is 9.15. The van der Waals surface area contributed by atoms with E-state index >= 15 is 0 Å². The van der Waals surface area contributed by atoms with E-state index in [1.807, 2.05) is 12.1 Å². The van der Waals surface area contributed by atoms with Crippen molar-refractivity contribution in [2.75, 3.05) is 5.73 Å². The molecule has 0 saturated heterocycles. The summed E-state index contributed by atoms with van der Waals surface area (Å²) in [6, 6.07) is 7.22. The predicted molar refractivity (Wildman–Crippen MR) is 76.3 cm³/mol. The smallest absolute Gasteiger partial charge is 0.244 e. The molecule has 1 amide bonds. The SMILES string of the molecule is Nc1cccc(/C=C/C(=O)N[C@H]2CCCC[C@@H]2O)c1. The molecule has 0 spiro atoms. The molecule has 1 aromatic carbocycles.